The van der Waals surface area contributed by atoms with Gasteiger partial charge in [0.1, 0.15) is 0 Å². The van der Waals surface area contributed by atoms with Gasteiger partial charge in [-0.1, -0.05) is 35.4 Å². The van der Waals surface area contributed by atoms with Crippen LogP contribution in [-0.2, 0) is 20.2 Å². The molecular formula is C35H37O6S2Sb. The van der Waals surface area contributed by atoms with Gasteiger partial charge in [-0.05, 0) is 38.1 Å². The first-order valence-corrected chi connectivity index (χ1v) is 20.4. The second kappa shape index (κ2) is 15.6. The van der Waals surface area contributed by atoms with Crippen LogP contribution in [0.15, 0.2) is 131 Å². The minimum absolute atomic E-state index is 0.0666. The van der Waals surface area contributed by atoms with E-state index < -0.39 is 40.4 Å². The van der Waals surface area contributed by atoms with E-state index in [9.17, 15) is 16.8 Å². The zero-order chi connectivity index (χ0) is 32.5. The molecule has 6 nitrogen and oxygen atoms in total. The molecular weight excluding hydrogens is 702 g/mol. The van der Waals surface area contributed by atoms with Crippen molar-refractivity contribution in [3.05, 3.63) is 149 Å². The maximum absolute atomic E-state index is 10.5. The van der Waals surface area contributed by atoms with E-state index in [-0.39, 0.29) is 9.79 Å². The maximum Gasteiger partial charge on any atom is 0.294 e. The van der Waals surface area contributed by atoms with Crippen LogP contribution >= 0.6 is 0 Å². The summed E-state index contributed by atoms with van der Waals surface area (Å²) in [5.74, 6) is 0. The van der Waals surface area contributed by atoms with E-state index in [2.05, 4.69) is 93.6 Å². The summed E-state index contributed by atoms with van der Waals surface area (Å²) in [5, 5.41) is 0. The van der Waals surface area contributed by atoms with Gasteiger partial charge in [-0.25, -0.2) is 0 Å². The maximum atomic E-state index is 10.5. The molecule has 0 bridgehead atoms. The molecule has 0 aliphatic carbocycles. The average molecular weight is 740 g/mol. The Balaban J connectivity index is 0.000000202. The molecule has 44 heavy (non-hydrogen) atoms. The standard InChI is InChI=1S/2C7H8O3S.3C7H7.Sb/c2*1-6-2-4-7(5-3-6)11(8,9)10;3*1-7-5-3-2-4-6-7;/h2*2-5H,1H3,(H,8,9,10);3*3-6H,1H3;. The van der Waals surface area contributed by atoms with E-state index in [1.807, 2.05) is 13.8 Å². The van der Waals surface area contributed by atoms with Crippen molar-refractivity contribution in [1.29, 1.82) is 0 Å². The molecule has 0 saturated carbocycles. The Labute approximate surface area is 268 Å². The molecule has 5 aromatic rings. The summed E-state index contributed by atoms with van der Waals surface area (Å²) in [7, 11) is -8.04. The minimum Gasteiger partial charge on any atom is -0.282 e. The van der Waals surface area contributed by atoms with Gasteiger partial charge in [-0.15, -0.1) is 0 Å². The minimum atomic E-state index is -4.02. The third-order valence-electron chi connectivity index (χ3n) is 6.51. The smallest absolute Gasteiger partial charge is 0.282 e. The number of aryl methyl sites for hydroxylation is 5. The summed E-state index contributed by atoms with van der Waals surface area (Å²) in [4.78, 5) is -0.133. The molecule has 0 aliphatic rings. The summed E-state index contributed by atoms with van der Waals surface area (Å²) in [6.45, 7) is 10.1. The predicted octanol–water partition coefficient (Wildman–Crippen LogP) is 5.61. The Morgan fingerprint density at radius 1 is 0.364 bits per heavy atom. The second-order valence-corrected chi connectivity index (χ2v) is 19.6. The third kappa shape index (κ3) is 11.0. The molecule has 0 amide bonds. The van der Waals surface area contributed by atoms with Crippen LogP contribution in [0, 0.1) is 34.6 Å². The van der Waals surface area contributed by atoms with Gasteiger partial charge in [0.2, 0.25) is 0 Å². The van der Waals surface area contributed by atoms with Crippen molar-refractivity contribution in [2.75, 3.05) is 0 Å². The monoisotopic (exact) mass is 738 g/mol. The predicted molar refractivity (Wildman–Crippen MR) is 180 cm³/mol. The molecule has 0 aliphatic heterocycles. The first-order valence-electron chi connectivity index (χ1n) is 13.7. The Bertz CT molecular complexity index is 1670. The molecule has 0 atom stereocenters. The number of hydrogen-bond acceptors (Lipinski definition) is 4. The molecule has 2 N–H and O–H groups in total. The van der Waals surface area contributed by atoms with Gasteiger partial charge in [0.25, 0.3) is 20.2 Å². The van der Waals surface area contributed by atoms with Crippen LogP contribution in [0.3, 0.4) is 0 Å². The van der Waals surface area contributed by atoms with Crippen molar-refractivity contribution in [1.82, 2.24) is 0 Å². The van der Waals surface area contributed by atoms with Crippen molar-refractivity contribution >= 4 is 51.0 Å². The Morgan fingerprint density at radius 3 is 0.727 bits per heavy atom. The Morgan fingerprint density at radius 2 is 0.545 bits per heavy atom. The van der Waals surface area contributed by atoms with E-state index in [0.29, 0.717) is 0 Å². The van der Waals surface area contributed by atoms with E-state index in [4.69, 9.17) is 9.11 Å². The topological polar surface area (TPSA) is 109 Å². The molecule has 0 spiro atoms. The second-order valence-electron chi connectivity index (χ2n) is 10.4. The van der Waals surface area contributed by atoms with Crippen molar-refractivity contribution < 1.29 is 25.9 Å². The molecule has 9 heteroatoms. The molecule has 0 aromatic heterocycles. The molecule has 5 rings (SSSR count). The zero-order valence-corrected chi connectivity index (χ0v) is 29.5. The fourth-order valence-corrected chi connectivity index (χ4v) is 11.3. The molecule has 230 valence electrons. The Hall–Kier alpha value is -3.26. The van der Waals surface area contributed by atoms with Crippen LogP contribution < -0.4 is 10.5 Å². The van der Waals surface area contributed by atoms with Crippen molar-refractivity contribution in [3.63, 3.8) is 0 Å². The van der Waals surface area contributed by atoms with Crippen LogP contribution in [0.25, 0.3) is 0 Å². The van der Waals surface area contributed by atoms with Gasteiger partial charge >= 0.3 is 141 Å². The van der Waals surface area contributed by atoms with Crippen LogP contribution in [-0.4, -0.2) is 46.2 Å². The van der Waals surface area contributed by atoms with E-state index in [0.717, 1.165) is 11.1 Å². The van der Waals surface area contributed by atoms with Crippen molar-refractivity contribution in [2.24, 2.45) is 0 Å². The van der Waals surface area contributed by atoms with Crippen LogP contribution in [0.1, 0.15) is 27.8 Å². The molecule has 0 fully saturated rings. The van der Waals surface area contributed by atoms with Crippen LogP contribution in [0.2, 0.25) is 0 Å². The molecule has 0 radical (unpaired) electrons. The fraction of sp³-hybridized carbons (Fsp3) is 0.143. The van der Waals surface area contributed by atoms with Crippen LogP contribution in [0.4, 0.5) is 0 Å². The van der Waals surface area contributed by atoms with Gasteiger partial charge in [-0.2, -0.15) is 16.8 Å². The van der Waals surface area contributed by atoms with Gasteiger partial charge in [0.05, 0.1) is 9.79 Å². The van der Waals surface area contributed by atoms with Gasteiger partial charge in [-0.3, -0.25) is 9.11 Å². The summed E-state index contributed by atoms with van der Waals surface area (Å²) >= 11 is -1.90. The third-order valence-corrected chi connectivity index (χ3v) is 15.2. The van der Waals surface area contributed by atoms with Crippen LogP contribution in [0.5, 0.6) is 0 Å². The Kier molecular flexibility index (Phi) is 12.5. The quantitative estimate of drug-likeness (QED) is 0.179. The van der Waals surface area contributed by atoms with Gasteiger partial charge in [0.15, 0.2) is 0 Å². The zero-order valence-electron chi connectivity index (χ0n) is 25.3. The largest absolute Gasteiger partial charge is 0.294 e. The van der Waals surface area contributed by atoms with E-state index in [1.54, 1.807) is 24.3 Å². The molecule has 5 aromatic carbocycles. The fourth-order valence-electron chi connectivity index (χ4n) is 3.95. The first kappa shape index (κ1) is 35.2. The molecule has 0 saturated heterocycles. The molecule has 0 heterocycles. The SMILES string of the molecule is Cc1cc[c]([Sb]([c]2ccc(C)cc2)[c]2ccc(C)cc2)cc1.Cc1ccc(S(=O)(=O)O)cc1.Cc1ccc(S(=O)(=O)O)cc1. The average Bonchev–Trinajstić information content (AvgIpc) is 2.96. The van der Waals surface area contributed by atoms with Crippen molar-refractivity contribution in [3.8, 4) is 0 Å². The van der Waals surface area contributed by atoms with Gasteiger partial charge < -0.3 is 0 Å². The first-order chi connectivity index (χ1) is 20.6. The number of rotatable bonds is 5. The van der Waals surface area contributed by atoms with Crippen molar-refractivity contribution in [2.45, 2.75) is 44.4 Å². The van der Waals surface area contributed by atoms with E-state index >= 15 is 0 Å². The summed E-state index contributed by atoms with van der Waals surface area (Å²) < 4.78 is 63.7. The normalized spacial score (nSPS) is 11.2. The summed E-state index contributed by atoms with van der Waals surface area (Å²) in [5.41, 5.74) is 5.90. The summed E-state index contributed by atoms with van der Waals surface area (Å²) in [6.07, 6.45) is 0. The summed E-state index contributed by atoms with van der Waals surface area (Å²) in [6, 6.07) is 39.4. The van der Waals surface area contributed by atoms with E-state index in [1.165, 1.54) is 51.5 Å². The molecule has 0 unspecified atom stereocenters. The number of benzene rings is 5. The van der Waals surface area contributed by atoms with Gasteiger partial charge in [0, 0.05) is 0 Å². The number of hydrogen-bond donors (Lipinski definition) is 2.